The summed E-state index contributed by atoms with van der Waals surface area (Å²) in [6.07, 6.45) is 1.46. The van der Waals surface area contributed by atoms with Gasteiger partial charge < -0.3 is 14.3 Å². The molecule has 1 fully saturated rings. The van der Waals surface area contributed by atoms with E-state index in [2.05, 4.69) is 4.98 Å². The summed E-state index contributed by atoms with van der Waals surface area (Å²) in [4.78, 5) is 32.6. The molecule has 0 saturated carbocycles. The van der Waals surface area contributed by atoms with Crippen molar-refractivity contribution in [1.82, 2.24) is 4.98 Å². The molecule has 7 nitrogen and oxygen atoms in total. The molecule has 0 spiro atoms. The zero-order valence-corrected chi connectivity index (χ0v) is 17.5. The molecule has 1 aliphatic heterocycles. The molecule has 1 aromatic carbocycles. The number of Topliss-reactive ketones (excluding diaryl/α,β-unsaturated/α-hetero) is 1. The van der Waals surface area contributed by atoms with Crippen LogP contribution in [0.25, 0.3) is 5.76 Å². The Morgan fingerprint density at radius 2 is 1.97 bits per heavy atom. The van der Waals surface area contributed by atoms with Gasteiger partial charge >= 0.3 is 5.91 Å². The van der Waals surface area contributed by atoms with Crippen molar-refractivity contribution in [3.8, 4) is 5.75 Å². The van der Waals surface area contributed by atoms with Gasteiger partial charge in [0.25, 0.3) is 5.78 Å². The van der Waals surface area contributed by atoms with Crippen LogP contribution in [0.2, 0.25) is 0 Å². The first-order valence-electron chi connectivity index (χ1n) is 9.44. The lowest BCUT2D eigenvalue weighted by atomic mass is 9.99. The van der Waals surface area contributed by atoms with Gasteiger partial charge in [-0.1, -0.05) is 0 Å². The third kappa shape index (κ3) is 3.29. The number of carbonyl (C=O) groups is 2. The number of rotatable bonds is 5. The number of hydrogen-bond acceptors (Lipinski definition) is 7. The Labute approximate surface area is 177 Å². The summed E-state index contributed by atoms with van der Waals surface area (Å²) in [7, 11) is 0. The highest BCUT2D eigenvalue weighted by molar-refractivity contribution is 7.16. The maximum absolute atomic E-state index is 13.0. The van der Waals surface area contributed by atoms with Crippen molar-refractivity contribution in [1.29, 1.82) is 0 Å². The highest BCUT2D eigenvalue weighted by Gasteiger charge is 2.49. The maximum atomic E-state index is 13.0. The van der Waals surface area contributed by atoms with E-state index in [0.29, 0.717) is 28.8 Å². The van der Waals surface area contributed by atoms with Crippen molar-refractivity contribution in [2.75, 3.05) is 11.5 Å². The fourth-order valence-electron chi connectivity index (χ4n) is 3.34. The zero-order valence-electron chi connectivity index (χ0n) is 16.7. The lowest BCUT2D eigenvalue weighted by Crippen LogP contribution is -2.29. The molecular weight excluding hydrogens is 404 g/mol. The number of thiazole rings is 1. The number of amides is 1. The summed E-state index contributed by atoms with van der Waals surface area (Å²) in [5, 5.41) is 11.4. The summed E-state index contributed by atoms with van der Waals surface area (Å²) in [6, 6.07) is 9.12. The van der Waals surface area contributed by atoms with Crippen molar-refractivity contribution in [3.05, 3.63) is 70.1 Å². The van der Waals surface area contributed by atoms with E-state index in [9.17, 15) is 14.7 Å². The average Bonchev–Trinajstić information content (AvgIpc) is 3.43. The molecule has 3 heterocycles. The van der Waals surface area contributed by atoms with Gasteiger partial charge in [-0.25, -0.2) is 4.98 Å². The number of benzene rings is 1. The summed E-state index contributed by atoms with van der Waals surface area (Å²) in [5.41, 5.74) is 1.14. The Bertz CT molecular complexity index is 1110. The Balaban J connectivity index is 1.86. The molecule has 2 aromatic heterocycles. The minimum absolute atomic E-state index is 0.0374. The van der Waals surface area contributed by atoms with E-state index >= 15 is 0 Å². The van der Waals surface area contributed by atoms with Crippen LogP contribution in [0.3, 0.4) is 0 Å². The van der Waals surface area contributed by atoms with E-state index in [1.807, 2.05) is 20.8 Å². The number of hydrogen-bond donors (Lipinski definition) is 1. The highest BCUT2D eigenvalue weighted by Crippen LogP contribution is 2.43. The van der Waals surface area contributed by atoms with Crippen LogP contribution in [0, 0.1) is 13.8 Å². The van der Waals surface area contributed by atoms with Crippen LogP contribution in [0.5, 0.6) is 5.75 Å². The first kappa shape index (κ1) is 19.9. The normalized spacial score (nSPS) is 18.2. The largest absolute Gasteiger partial charge is 0.507 e. The minimum atomic E-state index is -0.906. The number of carbonyl (C=O) groups excluding carboxylic acids is 2. The average molecular weight is 424 g/mol. The monoisotopic (exact) mass is 424 g/mol. The van der Waals surface area contributed by atoms with Crippen LogP contribution >= 0.6 is 11.3 Å². The van der Waals surface area contributed by atoms with E-state index in [1.165, 1.54) is 22.5 Å². The predicted molar refractivity (Wildman–Crippen MR) is 113 cm³/mol. The van der Waals surface area contributed by atoms with Crippen LogP contribution in [0.15, 0.2) is 52.7 Å². The molecule has 0 radical (unpaired) electrons. The van der Waals surface area contributed by atoms with Crippen molar-refractivity contribution >= 4 is 33.9 Å². The molecule has 1 atom stereocenters. The molecular formula is C22H20N2O5S. The number of ketones is 1. The molecule has 3 aromatic rings. The second-order valence-corrected chi connectivity index (χ2v) is 7.96. The summed E-state index contributed by atoms with van der Waals surface area (Å²) >= 11 is 1.31. The van der Waals surface area contributed by atoms with Gasteiger partial charge in [-0.15, -0.1) is 11.3 Å². The van der Waals surface area contributed by atoms with Gasteiger partial charge in [-0.2, -0.15) is 0 Å². The number of aromatic nitrogens is 1. The molecule has 154 valence electrons. The van der Waals surface area contributed by atoms with Gasteiger partial charge in [-0.05, 0) is 57.2 Å². The lowest BCUT2D eigenvalue weighted by molar-refractivity contribution is -0.132. The maximum Gasteiger partial charge on any atom is 0.302 e. The van der Waals surface area contributed by atoms with Crippen molar-refractivity contribution in [3.63, 3.8) is 0 Å². The second kappa shape index (κ2) is 7.79. The predicted octanol–water partition coefficient (Wildman–Crippen LogP) is 4.38. The Morgan fingerprint density at radius 1 is 1.23 bits per heavy atom. The number of aryl methyl sites for hydroxylation is 2. The molecule has 0 bridgehead atoms. The summed E-state index contributed by atoms with van der Waals surface area (Å²) in [5.74, 6) is -0.797. The first-order chi connectivity index (χ1) is 14.4. The fraction of sp³-hybridized carbons (Fsp3) is 0.227. The SMILES string of the molecule is CCOc1ccc(/C(O)=C2\C(=O)C(=O)N(c3nc(C)c(C)s3)[C@H]2c2ccco2)cc1. The molecule has 1 saturated heterocycles. The van der Waals surface area contributed by atoms with E-state index in [0.717, 1.165) is 10.6 Å². The summed E-state index contributed by atoms with van der Waals surface area (Å²) < 4.78 is 11.0. The number of nitrogens with zero attached hydrogens (tertiary/aromatic N) is 2. The number of anilines is 1. The molecule has 0 aliphatic carbocycles. The minimum Gasteiger partial charge on any atom is -0.507 e. The van der Waals surface area contributed by atoms with Crippen molar-refractivity contribution in [2.24, 2.45) is 0 Å². The van der Waals surface area contributed by atoms with Gasteiger partial charge in [0.05, 0.1) is 24.1 Å². The van der Waals surface area contributed by atoms with Crippen LogP contribution in [0.1, 0.15) is 34.9 Å². The molecule has 1 N–H and O–H groups in total. The number of ether oxygens (including phenoxy) is 1. The first-order valence-corrected chi connectivity index (χ1v) is 10.3. The third-order valence-corrected chi connectivity index (χ3v) is 5.99. The quantitative estimate of drug-likeness (QED) is 0.371. The van der Waals surface area contributed by atoms with Crippen molar-refractivity contribution in [2.45, 2.75) is 26.8 Å². The summed E-state index contributed by atoms with van der Waals surface area (Å²) in [6.45, 7) is 6.13. The van der Waals surface area contributed by atoms with E-state index in [1.54, 1.807) is 36.4 Å². The second-order valence-electron chi connectivity index (χ2n) is 6.78. The van der Waals surface area contributed by atoms with Crippen LogP contribution in [-0.2, 0) is 9.59 Å². The van der Waals surface area contributed by atoms with E-state index in [4.69, 9.17) is 9.15 Å². The third-order valence-electron chi connectivity index (χ3n) is 4.92. The van der Waals surface area contributed by atoms with E-state index < -0.39 is 17.7 Å². The van der Waals surface area contributed by atoms with E-state index in [-0.39, 0.29) is 11.3 Å². The highest BCUT2D eigenvalue weighted by atomic mass is 32.1. The zero-order chi connectivity index (χ0) is 21.4. The smallest absolute Gasteiger partial charge is 0.302 e. The number of aliphatic hydroxyl groups is 1. The van der Waals surface area contributed by atoms with Gasteiger partial charge in [0.1, 0.15) is 23.3 Å². The van der Waals surface area contributed by atoms with Crippen molar-refractivity contribution < 1.29 is 23.8 Å². The number of aliphatic hydroxyl groups excluding tert-OH is 1. The topological polar surface area (TPSA) is 92.9 Å². The van der Waals surface area contributed by atoms with Gasteiger partial charge in [0.2, 0.25) is 0 Å². The van der Waals surface area contributed by atoms with Gasteiger partial charge in [-0.3, -0.25) is 14.5 Å². The molecule has 4 rings (SSSR count). The number of furan rings is 1. The molecule has 0 unspecified atom stereocenters. The Kier molecular flexibility index (Phi) is 5.17. The standard InChI is InChI=1S/C22H20N2O5S/c1-4-28-15-9-7-14(8-10-15)19(25)17-18(16-6-5-11-29-16)24(21(27)20(17)26)22-23-12(2)13(3)30-22/h5-11,18,25H,4H2,1-3H3/b19-17+/t18-/m0/s1. The fourth-order valence-corrected chi connectivity index (χ4v) is 4.27. The van der Waals surface area contributed by atoms with Gasteiger partial charge in [0, 0.05) is 10.4 Å². The molecule has 1 aliphatic rings. The van der Waals surface area contributed by atoms with Gasteiger partial charge in [0.15, 0.2) is 5.13 Å². The van der Waals surface area contributed by atoms with Crippen LogP contribution in [-0.4, -0.2) is 28.4 Å². The molecule has 30 heavy (non-hydrogen) atoms. The lowest BCUT2D eigenvalue weighted by Gasteiger charge is -2.20. The Morgan fingerprint density at radius 3 is 2.53 bits per heavy atom. The molecule has 8 heteroatoms. The molecule has 1 amide bonds. The Hall–Kier alpha value is -3.39. The van der Waals surface area contributed by atoms with Crippen LogP contribution < -0.4 is 9.64 Å². The van der Waals surface area contributed by atoms with Crippen LogP contribution in [0.4, 0.5) is 5.13 Å².